The molecule has 0 fully saturated rings. The predicted molar refractivity (Wildman–Crippen MR) is 138 cm³/mol. The number of hydrogen-bond acceptors (Lipinski definition) is 3. The van der Waals surface area contributed by atoms with Gasteiger partial charge in [-0.3, -0.25) is 9.59 Å². The summed E-state index contributed by atoms with van der Waals surface area (Å²) in [6.07, 6.45) is -3.46. The first-order valence-electron chi connectivity index (χ1n) is 10.8. The van der Waals surface area contributed by atoms with E-state index in [1.54, 1.807) is 24.3 Å². The third kappa shape index (κ3) is 7.98. The molecule has 0 bridgehead atoms. The summed E-state index contributed by atoms with van der Waals surface area (Å²) in [5.41, 5.74) is -0.588. The molecular formula is C26H18Cl3F3N2O4. The highest BCUT2D eigenvalue weighted by Gasteiger charge is 2.30. The minimum atomic E-state index is -4.59. The summed E-state index contributed by atoms with van der Waals surface area (Å²) in [6, 6.07) is 12.7. The van der Waals surface area contributed by atoms with Crippen molar-refractivity contribution in [1.29, 1.82) is 0 Å². The molecule has 0 heterocycles. The van der Waals surface area contributed by atoms with Crippen LogP contribution in [0.15, 0.2) is 72.4 Å². The number of rotatable bonds is 8. The van der Waals surface area contributed by atoms with E-state index >= 15 is 0 Å². The summed E-state index contributed by atoms with van der Waals surface area (Å²) in [5, 5.41) is 15.2. The molecule has 198 valence electrons. The Morgan fingerprint density at radius 2 is 1.53 bits per heavy atom. The molecule has 2 amide bonds. The smallest absolute Gasteiger partial charge is 0.416 e. The van der Waals surface area contributed by atoms with E-state index in [1.807, 2.05) is 0 Å². The van der Waals surface area contributed by atoms with Gasteiger partial charge in [0.25, 0.3) is 11.8 Å². The van der Waals surface area contributed by atoms with Crippen molar-refractivity contribution in [2.24, 2.45) is 0 Å². The molecule has 3 aromatic rings. The lowest BCUT2D eigenvalue weighted by Gasteiger charge is -2.17. The van der Waals surface area contributed by atoms with Crippen molar-refractivity contribution in [2.75, 3.05) is 0 Å². The molecule has 38 heavy (non-hydrogen) atoms. The van der Waals surface area contributed by atoms with Gasteiger partial charge >= 0.3 is 12.1 Å². The normalized spacial score (nSPS) is 12.5. The predicted octanol–water partition coefficient (Wildman–Crippen LogP) is 6.25. The van der Waals surface area contributed by atoms with Gasteiger partial charge in [0, 0.05) is 17.0 Å². The van der Waals surface area contributed by atoms with Gasteiger partial charge in [-0.1, -0.05) is 53.0 Å². The topological polar surface area (TPSA) is 95.5 Å². The molecular weight excluding hydrogens is 568 g/mol. The van der Waals surface area contributed by atoms with E-state index in [-0.39, 0.29) is 27.7 Å². The molecule has 1 unspecified atom stereocenters. The molecule has 0 aliphatic rings. The zero-order valence-electron chi connectivity index (χ0n) is 19.2. The van der Waals surface area contributed by atoms with Gasteiger partial charge in [-0.25, -0.2) is 4.79 Å². The molecule has 0 radical (unpaired) electrons. The standard InChI is InChI=1S/C26H18Cl3F3N2O4/c27-18-8-1-14(2-9-18)12-22(25(37)38)34-24(36)21(13-15-3-10-19(28)20(29)11-15)33-23(35)16-4-6-17(7-5-16)26(30,31)32/h1-11,13,22H,12H2,(H,33,35)(H,34,36)(H,37,38)/b21-13+. The monoisotopic (exact) mass is 584 g/mol. The summed E-state index contributed by atoms with van der Waals surface area (Å²) >= 11 is 17.8. The third-order valence-electron chi connectivity index (χ3n) is 5.18. The van der Waals surface area contributed by atoms with Gasteiger partial charge in [-0.2, -0.15) is 13.2 Å². The second kappa shape index (κ2) is 12.3. The first kappa shape index (κ1) is 29.0. The van der Waals surface area contributed by atoms with Gasteiger partial charge in [0.2, 0.25) is 0 Å². The molecule has 0 spiro atoms. The maximum Gasteiger partial charge on any atom is 0.416 e. The second-order valence-electron chi connectivity index (χ2n) is 7.96. The number of carboxylic acid groups (broad SMARTS) is 1. The fourth-order valence-corrected chi connectivity index (χ4v) is 3.66. The summed E-state index contributed by atoms with van der Waals surface area (Å²) in [4.78, 5) is 37.8. The average Bonchev–Trinajstić information content (AvgIpc) is 2.86. The Balaban J connectivity index is 1.89. The van der Waals surface area contributed by atoms with Crippen LogP contribution < -0.4 is 10.6 Å². The van der Waals surface area contributed by atoms with Crippen LogP contribution in [0.2, 0.25) is 15.1 Å². The Morgan fingerprint density at radius 1 is 0.895 bits per heavy atom. The minimum absolute atomic E-state index is 0.0921. The highest BCUT2D eigenvalue weighted by atomic mass is 35.5. The number of carbonyl (C=O) groups is 3. The van der Waals surface area contributed by atoms with Crippen molar-refractivity contribution in [2.45, 2.75) is 18.6 Å². The van der Waals surface area contributed by atoms with Gasteiger partial charge in [-0.15, -0.1) is 0 Å². The van der Waals surface area contributed by atoms with Gasteiger partial charge in [0.05, 0.1) is 15.6 Å². The lowest BCUT2D eigenvalue weighted by Crippen LogP contribution is -2.45. The van der Waals surface area contributed by atoms with Crippen LogP contribution >= 0.6 is 34.8 Å². The van der Waals surface area contributed by atoms with Gasteiger partial charge in [-0.05, 0) is 65.7 Å². The van der Waals surface area contributed by atoms with Crippen molar-refractivity contribution < 1.29 is 32.7 Å². The Kier molecular flexibility index (Phi) is 9.43. The SMILES string of the molecule is O=C(NC(Cc1ccc(Cl)cc1)C(=O)O)/C(=C\c1ccc(Cl)c(Cl)c1)NC(=O)c1ccc(C(F)(F)F)cc1. The van der Waals surface area contributed by atoms with E-state index in [1.165, 1.54) is 24.3 Å². The van der Waals surface area contributed by atoms with E-state index < -0.39 is 35.6 Å². The Labute approximate surface area is 230 Å². The first-order chi connectivity index (χ1) is 17.8. The summed E-state index contributed by atoms with van der Waals surface area (Å²) in [6.45, 7) is 0. The number of aliphatic carboxylic acids is 1. The highest BCUT2D eigenvalue weighted by molar-refractivity contribution is 6.42. The van der Waals surface area contributed by atoms with Crippen molar-refractivity contribution >= 4 is 58.7 Å². The average molecular weight is 586 g/mol. The number of alkyl halides is 3. The van der Waals surface area contributed by atoms with Crippen LogP contribution in [0.1, 0.15) is 27.0 Å². The molecule has 3 N–H and O–H groups in total. The van der Waals surface area contributed by atoms with Crippen molar-refractivity contribution in [1.82, 2.24) is 10.6 Å². The zero-order valence-corrected chi connectivity index (χ0v) is 21.4. The van der Waals surface area contributed by atoms with Gasteiger partial charge in [0.1, 0.15) is 11.7 Å². The van der Waals surface area contributed by atoms with Gasteiger partial charge in [0.15, 0.2) is 0 Å². The number of hydrogen-bond donors (Lipinski definition) is 3. The van der Waals surface area contributed by atoms with E-state index in [0.29, 0.717) is 16.1 Å². The summed E-state index contributed by atoms with van der Waals surface area (Å²) in [5.74, 6) is -3.20. The quantitative estimate of drug-likeness (QED) is 0.273. The Bertz CT molecular complexity index is 1380. The minimum Gasteiger partial charge on any atom is -0.480 e. The van der Waals surface area contributed by atoms with E-state index in [2.05, 4.69) is 10.6 Å². The van der Waals surface area contributed by atoms with E-state index in [9.17, 15) is 32.7 Å². The van der Waals surface area contributed by atoms with Crippen molar-refractivity contribution in [3.8, 4) is 0 Å². The Morgan fingerprint density at radius 3 is 2.08 bits per heavy atom. The molecule has 12 heteroatoms. The second-order valence-corrected chi connectivity index (χ2v) is 9.21. The van der Waals surface area contributed by atoms with Crippen LogP contribution in [0.3, 0.4) is 0 Å². The molecule has 3 rings (SSSR count). The lowest BCUT2D eigenvalue weighted by atomic mass is 10.1. The molecule has 0 aliphatic heterocycles. The van der Waals surface area contributed by atoms with Crippen LogP contribution in [0.25, 0.3) is 6.08 Å². The Hall–Kier alpha value is -3.53. The van der Waals surface area contributed by atoms with Crippen molar-refractivity contribution in [3.05, 3.63) is 110 Å². The fraction of sp³-hybridized carbons (Fsp3) is 0.115. The fourth-order valence-electron chi connectivity index (χ4n) is 3.22. The van der Waals surface area contributed by atoms with Crippen molar-refractivity contribution in [3.63, 3.8) is 0 Å². The van der Waals surface area contributed by atoms with Crippen LogP contribution in [0, 0.1) is 0 Å². The number of amides is 2. The zero-order chi connectivity index (χ0) is 28.0. The molecule has 0 aromatic heterocycles. The molecule has 0 aliphatic carbocycles. The highest BCUT2D eigenvalue weighted by Crippen LogP contribution is 2.29. The number of carbonyl (C=O) groups excluding carboxylic acids is 2. The number of benzene rings is 3. The van der Waals surface area contributed by atoms with Crippen LogP contribution in [-0.4, -0.2) is 28.9 Å². The largest absolute Gasteiger partial charge is 0.480 e. The molecule has 0 saturated carbocycles. The maximum absolute atomic E-state index is 13.1. The lowest BCUT2D eigenvalue weighted by molar-refractivity contribution is -0.141. The first-order valence-corrected chi connectivity index (χ1v) is 11.9. The van der Waals surface area contributed by atoms with Crippen LogP contribution in [-0.2, 0) is 22.2 Å². The summed E-state index contributed by atoms with van der Waals surface area (Å²) in [7, 11) is 0. The number of nitrogens with one attached hydrogen (secondary N) is 2. The van der Waals surface area contributed by atoms with Crippen LogP contribution in [0.4, 0.5) is 13.2 Å². The molecule has 0 saturated heterocycles. The van der Waals surface area contributed by atoms with E-state index in [0.717, 1.165) is 24.3 Å². The molecule has 6 nitrogen and oxygen atoms in total. The van der Waals surface area contributed by atoms with E-state index in [4.69, 9.17) is 34.8 Å². The number of halogens is 6. The molecule has 1 atom stereocenters. The summed E-state index contributed by atoms with van der Waals surface area (Å²) < 4.78 is 38.6. The van der Waals surface area contributed by atoms with Crippen LogP contribution in [0.5, 0.6) is 0 Å². The third-order valence-corrected chi connectivity index (χ3v) is 6.17. The number of carboxylic acids is 1. The molecule has 3 aromatic carbocycles. The van der Waals surface area contributed by atoms with Gasteiger partial charge < -0.3 is 15.7 Å². The maximum atomic E-state index is 13.1.